The molecule has 6 nitrogen and oxygen atoms in total. The number of carbonyl (C=O) groups excluding carboxylic acids is 2. The lowest BCUT2D eigenvalue weighted by molar-refractivity contribution is -0.149. The molecule has 2 unspecified atom stereocenters. The lowest BCUT2D eigenvalue weighted by atomic mass is 10.0. The smallest absolute Gasteiger partial charge is 0.245 e. The van der Waals surface area contributed by atoms with Crippen LogP contribution in [0.5, 0.6) is 0 Å². The third-order valence-corrected chi connectivity index (χ3v) is 3.81. The van der Waals surface area contributed by atoms with Crippen molar-refractivity contribution in [2.75, 3.05) is 32.8 Å². The van der Waals surface area contributed by atoms with Crippen molar-refractivity contribution >= 4 is 11.8 Å². The van der Waals surface area contributed by atoms with Crippen LogP contribution in [-0.2, 0) is 14.3 Å². The predicted molar refractivity (Wildman–Crippen MR) is 75.2 cm³/mol. The Labute approximate surface area is 120 Å². The number of morpholine rings is 1. The number of nitrogens with one attached hydrogen (secondary N) is 2. The van der Waals surface area contributed by atoms with Gasteiger partial charge in [-0.2, -0.15) is 0 Å². The first-order valence-corrected chi connectivity index (χ1v) is 7.46. The SMILES string of the molecule is CC(C)NC(=O)C1COCCN1C(=O)CC1CCNC1. The molecule has 2 heterocycles. The van der Waals surface area contributed by atoms with Crippen molar-refractivity contribution in [3.05, 3.63) is 0 Å². The number of amides is 2. The van der Waals surface area contributed by atoms with E-state index < -0.39 is 6.04 Å². The van der Waals surface area contributed by atoms with Crippen LogP contribution < -0.4 is 10.6 Å². The molecule has 0 aromatic carbocycles. The van der Waals surface area contributed by atoms with E-state index in [-0.39, 0.29) is 17.9 Å². The minimum Gasteiger partial charge on any atom is -0.377 e. The lowest BCUT2D eigenvalue weighted by Crippen LogP contribution is -2.57. The van der Waals surface area contributed by atoms with E-state index in [1.165, 1.54) is 0 Å². The topological polar surface area (TPSA) is 70.7 Å². The molecule has 2 N–H and O–H groups in total. The first kappa shape index (κ1) is 15.3. The van der Waals surface area contributed by atoms with Crippen LogP contribution in [0.1, 0.15) is 26.7 Å². The number of hydrogen-bond acceptors (Lipinski definition) is 4. The van der Waals surface area contributed by atoms with Crippen molar-refractivity contribution in [3.63, 3.8) is 0 Å². The first-order valence-electron chi connectivity index (χ1n) is 7.46. The van der Waals surface area contributed by atoms with Crippen LogP contribution >= 0.6 is 0 Å². The Kier molecular flexibility index (Phi) is 5.37. The maximum Gasteiger partial charge on any atom is 0.245 e. The highest BCUT2D eigenvalue weighted by Gasteiger charge is 2.34. The van der Waals surface area contributed by atoms with Crippen LogP contribution in [0.4, 0.5) is 0 Å². The zero-order chi connectivity index (χ0) is 14.5. The summed E-state index contributed by atoms with van der Waals surface area (Å²) >= 11 is 0. The van der Waals surface area contributed by atoms with Crippen molar-refractivity contribution in [1.29, 1.82) is 0 Å². The number of ether oxygens (including phenoxy) is 1. The second-order valence-electron chi connectivity index (χ2n) is 5.90. The van der Waals surface area contributed by atoms with Gasteiger partial charge in [0.2, 0.25) is 11.8 Å². The van der Waals surface area contributed by atoms with Crippen LogP contribution in [0.2, 0.25) is 0 Å². The number of nitrogens with zero attached hydrogens (tertiary/aromatic N) is 1. The second-order valence-corrected chi connectivity index (χ2v) is 5.90. The fraction of sp³-hybridized carbons (Fsp3) is 0.857. The van der Waals surface area contributed by atoms with E-state index in [4.69, 9.17) is 4.74 Å². The molecule has 2 atom stereocenters. The molecule has 0 spiro atoms. The normalized spacial score (nSPS) is 26.9. The zero-order valence-electron chi connectivity index (χ0n) is 12.4. The molecule has 0 aromatic heterocycles. The monoisotopic (exact) mass is 283 g/mol. The summed E-state index contributed by atoms with van der Waals surface area (Å²) in [6.07, 6.45) is 1.57. The van der Waals surface area contributed by atoms with Gasteiger partial charge in [0.05, 0.1) is 13.2 Å². The van der Waals surface area contributed by atoms with Crippen molar-refractivity contribution in [1.82, 2.24) is 15.5 Å². The van der Waals surface area contributed by atoms with E-state index in [1.807, 2.05) is 13.8 Å². The zero-order valence-corrected chi connectivity index (χ0v) is 12.4. The molecule has 2 fully saturated rings. The molecule has 2 saturated heterocycles. The van der Waals surface area contributed by atoms with Crippen LogP contribution in [-0.4, -0.2) is 61.6 Å². The molecule has 0 aliphatic carbocycles. The Bertz CT molecular complexity index is 354. The summed E-state index contributed by atoms with van der Waals surface area (Å²) in [5.74, 6) is 0.364. The van der Waals surface area contributed by atoms with Gasteiger partial charge in [0, 0.05) is 19.0 Å². The maximum atomic E-state index is 12.4. The van der Waals surface area contributed by atoms with E-state index in [0.717, 1.165) is 19.5 Å². The van der Waals surface area contributed by atoms with Gasteiger partial charge < -0.3 is 20.3 Å². The largest absolute Gasteiger partial charge is 0.377 e. The Morgan fingerprint density at radius 1 is 1.45 bits per heavy atom. The van der Waals surface area contributed by atoms with Crippen LogP contribution in [0.25, 0.3) is 0 Å². The highest BCUT2D eigenvalue weighted by atomic mass is 16.5. The third-order valence-electron chi connectivity index (χ3n) is 3.81. The van der Waals surface area contributed by atoms with Gasteiger partial charge in [0.25, 0.3) is 0 Å². The average molecular weight is 283 g/mol. The van der Waals surface area contributed by atoms with Crippen LogP contribution in [0.3, 0.4) is 0 Å². The summed E-state index contributed by atoms with van der Waals surface area (Å²) in [5, 5.41) is 6.13. The molecule has 2 amide bonds. The standard InChI is InChI=1S/C14H25N3O3/c1-10(2)16-14(19)12-9-20-6-5-17(12)13(18)7-11-3-4-15-8-11/h10-12,15H,3-9H2,1-2H3,(H,16,19). The molecule has 0 bridgehead atoms. The van der Waals surface area contributed by atoms with Gasteiger partial charge in [-0.3, -0.25) is 9.59 Å². The average Bonchev–Trinajstić information content (AvgIpc) is 2.90. The lowest BCUT2D eigenvalue weighted by Gasteiger charge is -2.35. The van der Waals surface area contributed by atoms with Gasteiger partial charge in [-0.15, -0.1) is 0 Å². The summed E-state index contributed by atoms with van der Waals surface area (Å²) in [6, 6.07) is -0.409. The highest BCUT2D eigenvalue weighted by Crippen LogP contribution is 2.17. The molecule has 2 rings (SSSR count). The summed E-state index contributed by atoms with van der Waals surface area (Å²) < 4.78 is 5.37. The van der Waals surface area contributed by atoms with Gasteiger partial charge in [-0.05, 0) is 39.3 Å². The Morgan fingerprint density at radius 3 is 2.90 bits per heavy atom. The molecule has 0 aromatic rings. The minimum absolute atomic E-state index is 0.0698. The molecular formula is C14H25N3O3. The van der Waals surface area contributed by atoms with Gasteiger partial charge in [-0.25, -0.2) is 0 Å². The van der Waals surface area contributed by atoms with Crippen LogP contribution in [0.15, 0.2) is 0 Å². The van der Waals surface area contributed by atoms with Gasteiger partial charge in [0.15, 0.2) is 0 Å². The van der Waals surface area contributed by atoms with Gasteiger partial charge in [0.1, 0.15) is 6.04 Å². The molecule has 114 valence electrons. The maximum absolute atomic E-state index is 12.4. The second kappa shape index (κ2) is 7.04. The molecule has 0 radical (unpaired) electrons. The van der Waals surface area contributed by atoms with E-state index in [9.17, 15) is 9.59 Å². The van der Waals surface area contributed by atoms with Crippen LogP contribution in [0, 0.1) is 5.92 Å². The number of carbonyl (C=O) groups is 2. The summed E-state index contributed by atoms with van der Waals surface area (Å²) in [5.41, 5.74) is 0. The quantitative estimate of drug-likeness (QED) is 0.746. The van der Waals surface area contributed by atoms with Gasteiger partial charge in [-0.1, -0.05) is 0 Å². The number of hydrogen-bond donors (Lipinski definition) is 2. The summed E-state index contributed by atoms with van der Waals surface area (Å²) in [4.78, 5) is 26.3. The molecule has 0 saturated carbocycles. The summed E-state index contributed by atoms with van der Waals surface area (Å²) in [7, 11) is 0. The van der Waals surface area contributed by atoms with Crippen molar-refractivity contribution < 1.29 is 14.3 Å². The fourth-order valence-corrected chi connectivity index (χ4v) is 2.75. The predicted octanol–water partition coefficient (Wildman–Crippen LogP) is -0.262. The minimum atomic E-state index is -0.479. The van der Waals surface area contributed by atoms with Crippen molar-refractivity contribution in [2.45, 2.75) is 38.8 Å². The van der Waals surface area contributed by atoms with Gasteiger partial charge >= 0.3 is 0 Å². The first-order chi connectivity index (χ1) is 9.58. The van der Waals surface area contributed by atoms with E-state index in [2.05, 4.69) is 10.6 Å². The molecular weight excluding hydrogens is 258 g/mol. The van der Waals surface area contributed by atoms with Crippen molar-refractivity contribution in [3.8, 4) is 0 Å². The van der Waals surface area contributed by atoms with E-state index >= 15 is 0 Å². The molecule has 20 heavy (non-hydrogen) atoms. The number of rotatable bonds is 4. The molecule has 2 aliphatic rings. The summed E-state index contributed by atoms with van der Waals surface area (Å²) in [6.45, 7) is 7.04. The fourth-order valence-electron chi connectivity index (χ4n) is 2.75. The molecule has 2 aliphatic heterocycles. The highest BCUT2D eigenvalue weighted by molar-refractivity contribution is 5.88. The van der Waals surface area contributed by atoms with E-state index in [0.29, 0.717) is 32.1 Å². The molecule has 6 heteroatoms. The Balaban J connectivity index is 1.94. The third kappa shape index (κ3) is 3.93. The van der Waals surface area contributed by atoms with Crippen molar-refractivity contribution in [2.24, 2.45) is 5.92 Å². The Hall–Kier alpha value is -1.14. The van der Waals surface area contributed by atoms with E-state index in [1.54, 1.807) is 4.90 Å². The Morgan fingerprint density at radius 2 is 2.25 bits per heavy atom.